The van der Waals surface area contributed by atoms with Crippen LogP contribution in [0.1, 0.15) is 13.8 Å². The van der Waals surface area contributed by atoms with Crippen molar-refractivity contribution < 1.29 is 9.53 Å². The van der Waals surface area contributed by atoms with E-state index in [1.165, 1.54) is 0 Å². The SMILES string of the molecule is CCN(C)C(=O)C(C)Oc1ccc(Br)cc1. The molecule has 0 aliphatic carbocycles. The number of likely N-dealkylation sites (N-methyl/N-ethyl adjacent to an activating group) is 1. The third-order valence-electron chi connectivity index (χ3n) is 2.32. The Bertz CT molecular complexity index is 351. The van der Waals surface area contributed by atoms with E-state index in [1.54, 1.807) is 18.9 Å². The summed E-state index contributed by atoms with van der Waals surface area (Å²) in [6.45, 7) is 4.38. The maximum atomic E-state index is 11.7. The fraction of sp³-hybridized carbons (Fsp3) is 0.417. The zero-order valence-corrected chi connectivity index (χ0v) is 11.3. The van der Waals surface area contributed by atoms with Gasteiger partial charge in [-0.25, -0.2) is 0 Å². The number of hydrogen-bond acceptors (Lipinski definition) is 2. The molecule has 3 nitrogen and oxygen atoms in total. The first-order valence-electron chi connectivity index (χ1n) is 5.21. The normalized spacial score (nSPS) is 12.0. The third kappa shape index (κ3) is 3.52. The predicted octanol–water partition coefficient (Wildman–Crippen LogP) is 2.69. The summed E-state index contributed by atoms with van der Waals surface area (Å²) in [6.07, 6.45) is -0.453. The lowest BCUT2D eigenvalue weighted by atomic mass is 10.3. The lowest BCUT2D eigenvalue weighted by molar-refractivity contribution is -0.136. The molecule has 0 heterocycles. The van der Waals surface area contributed by atoms with E-state index in [9.17, 15) is 4.79 Å². The van der Waals surface area contributed by atoms with Crippen molar-refractivity contribution in [2.45, 2.75) is 20.0 Å². The summed E-state index contributed by atoms with van der Waals surface area (Å²) in [6, 6.07) is 7.44. The largest absolute Gasteiger partial charge is 0.481 e. The molecule has 1 unspecified atom stereocenters. The maximum absolute atomic E-state index is 11.7. The van der Waals surface area contributed by atoms with Gasteiger partial charge < -0.3 is 9.64 Å². The van der Waals surface area contributed by atoms with Gasteiger partial charge in [0.25, 0.3) is 5.91 Å². The molecule has 0 aromatic heterocycles. The standard InChI is InChI=1S/C12H16BrNO2/c1-4-14(3)12(15)9(2)16-11-7-5-10(13)6-8-11/h5-9H,4H2,1-3H3. The molecule has 1 aromatic carbocycles. The highest BCUT2D eigenvalue weighted by Gasteiger charge is 2.17. The molecule has 0 spiro atoms. The van der Waals surface area contributed by atoms with Gasteiger partial charge in [0, 0.05) is 18.1 Å². The molecular formula is C12H16BrNO2. The Hall–Kier alpha value is -1.03. The van der Waals surface area contributed by atoms with Crippen molar-refractivity contribution in [2.75, 3.05) is 13.6 Å². The fourth-order valence-electron chi connectivity index (χ4n) is 1.23. The molecule has 0 fully saturated rings. The van der Waals surface area contributed by atoms with Crippen LogP contribution >= 0.6 is 15.9 Å². The van der Waals surface area contributed by atoms with Crippen LogP contribution in [-0.2, 0) is 4.79 Å². The summed E-state index contributed by atoms with van der Waals surface area (Å²) >= 11 is 3.34. The van der Waals surface area contributed by atoms with Gasteiger partial charge in [-0.05, 0) is 38.1 Å². The minimum absolute atomic E-state index is 0.00887. The highest BCUT2D eigenvalue weighted by Crippen LogP contribution is 2.17. The van der Waals surface area contributed by atoms with E-state index >= 15 is 0 Å². The average molecular weight is 286 g/mol. The Labute approximate surface area is 105 Å². The van der Waals surface area contributed by atoms with Crippen molar-refractivity contribution in [1.82, 2.24) is 4.90 Å². The van der Waals surface area contributed by atoms with Gasteiger partial charge in [-0.15, -0.1) is 0 Å². The minimum atomic E-state index is -0.453. The molecular weight excluding hydrogens is 270 g/mol. The summed E-state index contributed by atoms with van der Waals surface area (Å²) in [7, 11) is 1.77. The molecule has 0 aliphatic rings. The van der Waals surface area contributed by atoms with Crippen molar-refractivity contribution >= 4 is 21.8 Å². The molecule has 4 heteroatoms. The summed E-state index contributed by atoms with van der Waals surface area (Å²) in [4.78, 5) is 13.4. The van der Waals surface area contributed by atoms with Crippen LogP contribution in [0.25, 0.3) is 0 Å². The summed E-state index contributed by atoms with van der Waals surface area (Å²) in [5.41, 5.74) is 0. The van der Waals surface area contributed by atoms with Gasteiger partial charge in [0.1, 0.15) is 5.75 Å². The molecule has 1 aromatic rings. The Morgan fingerprint density at radius 1 is 1.44 bits per heavy atom. The van der Waals surface area contributed by atoms with Gasteiger partial charge in [0.15, 0.2) is 6.10 Å². The van der Waals surface area contributed by atoms with E-state index < -0.39 is 6.10 Å². The quantitative estimate of drug-likeness (QED) is 0.851. The lowest BCUT2D eigenvalue weighted by Gasteiger charge is -2.20. The second kappa shape index (κ2) is 5.89. The Kier molecular flexibility index (Phi) is 4.80. The first kappa shape index (κ1) is 13.0. The molecule has 0 radical (unpaired) electrons. The number of amides is 1. The molecule has 0 N–H and O–H groups in total. The number of carbonyl (C=O) groups is 1. The van der Waals surface area contributed by atoms with Gasteiger partial charge >= 0.3 is 0 Å². The molecule has 1 amide bonds. The number of benzene rings is 1. The number of hydrogen-bond donors (Lipinski definition) is 0. The van der Waals surface area contributed by atoms with Gasteiger partial charge in [-0.2, -0.15) is 0 Å². The second-order valence-corrected chi connectivity index (χ2v) is 4.48. The molecule has 16 heavy (non-hydrogen) atoms. The van der Waals surface area contributed by atoms with E-state index in [0.29, 0.717) is 12.3 Å². The van der Waals surface area contributed by atoms with Crippen LogP contribution in [0.4, 0.5) is 0 Å². The first-order valence-corrected chi connectivity index (χ1v) is 6.01. The highest BCUT2D eigenvalue weighted by molar-refractivity contribution is 9.10. The van der Waals surface area contributed by atoms with Crippen molar-refractivity contribution in [2.24, 2.45) is 0 Å². The molecule has 0 bridgehead atoms. The third-order valence-corrected chi connectivity index (χ3v) is 2.85. The first-order chi connectivity index (χ1) is 7.54. The Balaban J connectivity index is 2.60. The van der Waals surface area contributed by atoms with Crippen LogP contribution in [0.15, 0.2) is 28.7 Å². The Morgan fingerprint density at radius 2 is 2.00 bits per heavy atom. The molecule has 88 valence electrons. The number of nitrogens with zero attached hydrogens (tertiary/aromatic N) is 1. The number of carbonyl (C=O) groups excluding carboxylic acids is 1. The minimum Gasteiger partial charge on any atom is -0.481 e. The number of ether oxygens (including phenoxy) is 1. The van der Waals surface area contributed by atoms with Crippen molar-refractivity contribution in [3.63, 3.8) is 0 Å². The monoisotopic (exact) mass is 285 g/mol. The van der Waals surface area contributed by atoms with Gasteiger partial charge in [0.2, 0.25) is 0 Å². The maximum Gasteiger partial charge on any atom is 0.263 e. The van der Waals surface area contributed by atoms with E-state index in [0.717, 1.165) is 4.47 Å². The zero-order chi connectivity index (χ0) is 12.1. The van der Waals surface area contributed by atoms with Crippen molar-refractivity contribution in [3.05, 3.63) is 28.7 Å². The topological polar surface area (TPSA) is 29.5 Å². The molecule has 1 rings (SSSR count). The summed E-state index contributed by atoms with van der Waals surface area (Å²) in [5, 5.41) is 0. The van der Waals surface area contributed by atoms with E-state index in [2.05, 4.69) is 15.9 Å². The van der Waals surface area contributed by atoms with Crippen LogP contribution in [0.2, 0.25) is 0 Å². The van der Waals surface area contributed by atoms with Crippen LogP contribution < -0.4 is 4.74 Å². The smallest absolute Gasteiger partial charge is 0.263 e. The van der Waals surface area contributed by atoms with Crippen LogP contribution in [0.5, 0.6) is 5.75 Å². The second-order valence-electron chi connectivity index (χ2n) is 3.57. The molecule has 0 saturated heterocycles. The van der Waals surface area contributed by atoms with E-state index in [4.69, 9.17) is 4.74 Å². The van der Waals surface area contributed by atoms with Crippen molar-refractivity contribution in [1.29, 1.82) is 0 Å². The average Bonchev–Trinajstić information content (AvgIpc) is 2.30. The lowest BCUT2D eigenvalue weighted by Crippen LogP contribution is -2.37. The van der Waals surface area contributed by atoms with E-state index in [-0.39, 0.29) is 5.91 Å². The highest BCUT2D eigenvalue weighted by atomic mass is 79.9. The van der Waals surface area contributed by atoms with E-state index in [1.807, 2.05) is 31.2 Å². The molecule has 0 saturated carbocycles. The van der Waals surface area contributed by atoms with Gasteiger partial charge in [-0.3, -0.25) is 4.79 Å². The summed E-state index contributed by atoms with van der Waals surface area (Å²) < 4.78 is 6.53. The fourth-order valence-corrected chi connectivity index (χ4v) is 1.50. The van der Waals surface area contributed by atoms with Gasteiger partial charge in [-0.1, -0.05) is 15.9 Å². The number of rotatable bonds is 4. The van der Waals surface area contributed by atoms with Crippen molar-refractivity contribution in [3.8, 4) is 5.75 Å². The van der Waals surface area contributed by atoms with Crippen LogP contribution in [0.3, 0.4) is 0 Å². The van der Waals surface area contributed by atoms with Crippen LogP contribution in [0, 0.1) is 0 Å². The Morgan fingerprint density at radius 3 is 2.50 bits per heavy atom. The van der Waals surface area contributed by atoms with Crippen LogP contribution in [-0.4, -0.2) is 30.5 Å². The summed E-state index contributed by atoms with van der Waals surface area (Å²) in [5.74, 6) is 0.693. The molecule has 1 atom stereocenters. The molecule has 0 aliphatic heterocycles. The van der Waals surface area contributed by atoms with Gasteiger partial charge in [0.05, 0.1) is 0 Å². The predicted molar refractivity (Wildman–Crippen MR) is 67.5 cm³/mol. The number of halogens is 1. The zero-order valence-electron chi connectivity index (χ0n) is 9.74.